The molecular weight excluding hydrogens is 264 g/mol. The molecular formula is C17H26N2S. The Morgan fingerprint density at radius 2 is 2.15 bits per heavy atom. The van der Waals surface area contributed by atoms with Crippen LogP contribution in [0.2, 0.25) is 0 Å². The summed E-state index contributed by atoms with van der Waals surface area (Å²) >= 11 is 1.78. The average molecular weight is 290 g/mol. The minimum absolute atomic E-state index is 0.0479. The predicted octanol–water partition coefficient (Wildman–Crippen LogP) is 4.67. The number of aliphatic imine (C=N–C) groups is 2. The van der Waals surface area contributed by atoms with Crippen molar-refractivity contribution < 1.29 is 0 Å². The number of rotatable bonds is 3. The molecule has 0 N–H and O–H groups in total. The zero-order valence-corrected chi connectivity index (χ0v) is 14.3. The van der Waals surface area contributed by atoms with E-state index in [0.29, 0.717) is 12.0 Å². The molecule has 0 spiro atoms. The highest BCUT2D eigenvalue weighted by Gasteiger charge is 2.33. The van der Waals surface area contributed by atoms with Crippen molar-refractivity contribution in [1.82, 2.24) is 0 Å². The van der Waals surface area contributed by atoms with Crippen molar-refractivity contribution in [3.05, 3.63) is 22.6 Å². The first kappa shape index (κ1) is 15.6. The Morgan fingerprint density at radius 1 is 1.45 bits per heavy atom. The quantitative estimate of drug-likeness (QED) is 0.693. The summed E-state index contributed by atoms with van der Waals surface area (Å²) in [6.45, 7) is 11.1. The van der Waals surface area contributed by atoms with Crippen molar-refractivity contribution in [1.29, 1.82) is 0 Å². The molecule has 0 aromatic heterocycles. The van der Waals surface area contributed by atoms with Gasteiger partial charge in [0.25, 0.3) is 0 Å². The van der Waals surface area contributed by atoms with E-state index in [0.717, 1.165) is 18.6 Å². The second kappa shape index (κ2) is 5.88. The third-order valence-corrected chi connectivity index (χ3v) is 4.77. The molecule has 0 bridgehead atoms. The average Bonchev–Trinajstić information content (AvgIpc) is 2.37. The van der Waals surface area contributed by atoms with Gasteiger partial charge in [-0.2, -0.15) is 0 Å². The van der Waals surface area contributed by atoms with Crippen molar-refractivity contribution in [2.45, 2.75) is 59.0 Å². The van der Waals surface area contributed by atoms with Crippen LogP contribution in [0, 0.1) is 5.92 Å². The molecule has 20 heavy (non-hydrogen) atoms. The molecule has 1 heterocycles. The van der Waals surface area contributed by atoms with Crippen molar-refractivity contribution in [3.63, 3.8) is 0 Å². The van der Waals surface area contributed by atoms with Crippen molar-refractivity contribution in [3.8, 4) is 0 Å². The van der Waals surface area contributed by atoms with Gasteiger partial charge in [0.2, 0.25) is 0 Å². The summed E-state index contributed by atoms with van der Waals surface area (Å²) in [7, 11) is 0. The van der Waals surface area contributed by atoms with Crippen LogP contribution in [-0.4, -0.2) is 29.3 Å². The van der Waals surface area contributed by atoms with Crippen LogP contribution in [0.1, 0.15) is 47.5 Å². The second-order valence-electron chi connectivity index (χ2n) is 6.50. The lowest BCUT2D eigenvalue weighted by atomic mass is 9.79. The zero-order valence-electron chi connectivity index (χ0n) is 13.5. The normalized spacial score (nSPS) is 28.4. The van der Waals surface area contributed by atoms with Crippen LogP contribution < -0.4 is 0 Å². The van der Waals surface area contributed by atoms with Gasteiger partial charge in [0.05, 0.1) is 17.0 Å². The molecule has 0 saturated heterocycles. The Labute approximate surface area is 127 Å². The lowest BCUT2D eigenvalue weighted by Gasteiger charge is -2.35. The third kappa shape index (κ3) is 3.25. The lowest BCUT2D eigenvalue weighted by Crippen LogP contribution is -2.33. The van der Waals surface area contributed by atoms with Crippen LogP contribution in [0.25, 0.3) is 0 Å². The Balaban J connectivity index is 2.46. The van der Waals surface area contributed by atoms with E-state index in [-0.39, 0.29) is 5.54 Å². The molecule has 3 heteroatoms. The summed E-state index contributed by atoms with van der Waals surface area (Å²) in [5, 5.41) is 0. The van der Waals surface area contributed by atoms with Crippen LogP contribution in [-0.2, 0) is 0 Å². The molecule has 2 nitrogen and oxygen atoms in total. The van der Waals surface area contributed by atoms with E-state index in [4.69, 9.17) is 9.98 Å². The van der Waals surface area contributed by atoms with Crippen LogP contribution >= 0.6 is 11.8 Å². The lowest BCUT2D eigenvalue weighted by molar-refractivity contribution is 0.406. The molecule has 2 unspecified atom stereocenters. The second-order valence-corrected chi connectivity index (χ2v) is 7.35. The first-order valence-corrected chi connectivity index (χ1v) is 8.74. The highest BCUT2D eigenvalue weighted by Crippen LogP contribution is 2.38. The maximum atomic E-state index is 4.98. The fourth-order valence-corrected chi connectivity index (χ4v) is 3.49. The third-order valence-electron chi connectivity index (χ3n) is 4.02. The van der Waals surface area contributed by atoms with E-state index >= 15 is 0 Å². The summed E-state index contributed by atoms with van der Waals surface area (Å²) in [5.41, 5.74) is 3.73. The van der Waals surface area contributed by atoms with Crippen LogP contribution in [0.4, 0.5) is 0 Å². The number of thioether (sulfide) groups is 1. The Bertz CT molecular complexity index is 509. The van der Waals surface area contributed by atoms with Crippen LogP contribution in [0.3, 0.4) is 0 Å². The summed E-state index contributed by atoms with van der Waals surface area (Å²) in [6, 6.07) is 0.384. The van der Waals surface area contributed by atoms with Gasteiger partial charge in [-0.15, -0.1) is 11.8 Å². The molecule has 1 aliphatic heterocycles. The van der Waals surface area contributed by atoms with Gasteiger partial charge in [-0.05, 0) is 63.5 Å². The van der Waals surface area contributed by atoms with Gasteiger partial charge < -0.3 is 0 Å². The fraction of sp³-hybridized carbons (Fsp3) is 0.647. The topological polar surface area (TPSA) is 24.7 Å². The standard InChI is InChI=1S/C17H26N2S/c1-7-12(3)18-13-8-14-11(2)10-17(4,5)19-16(14)15(9-13)20-6/h8-9,11-12H,7,10H2,1-6H3. The van der Waals surface area contributed by atoms with E-state index in [1.165, 1.54) is 16.2 Å². The smallest absolute Gasteiger partial charge is 0.0752 e. The molecule has 0 aromatic rings. The molecule has 1 aliphatic carbocycles. The van der Waals surface area contributed by atoms with Gasteiger partial charge in [0.15, 0.2) is 0 Å². The minimum Gasteiger partial charge on any atom is -0.282 e. The minimum atomic E-state index is 0.0479. The van der Waals surface area contributed by atoms with Crippen molar-refractivity contribution in [2.24, 2.45) is 15.9 Å². The van der Waals surface area contributed by atoms with Gasteiger partial charge in [-0.3, -0.25) is 9.98 Å². The van der Waals surface area contributed by atoms with E-state index in [9.17, 15) is 0 Å². The maximum absolute atomic E-state index is 4.98. The van der Waals surface area contributed by atoms with Crippen LogP contribution in [0.15, 0.2) is 32.6 Å². The van der Waals surface area contributed by atoms with E-state index < -0.39 is 0 Å². The Hall–Kier alpha value is -0.830. The highest BCUT2D eigenvalue weighted by molar-refractivity contribution is 8.03. The molecule has 110 valence electrons. The predicted molar refractivity (Wildman–Crippen MR) is 92.2 cm³/mol. The summed E-state index contributed by atoms with van der Waals surface area (Å²) < 4.78 is 0. The molecule has 0 aromatic carbocycles. The number of nitrogens with zero attached hydrogens (tertiary/aromatic N) is 2. The molecule has 0 radical (unpaired) electrons. The molecule has 2 rings (SSSR count). The molecule has 2 aliphatic rings. The number of allylic oxidation sites excluding steroid dienone is 4. The summed E-state index contributed by atoms with van der Waals surface area (Å²) in [6.07, 6.45) is 8.78. The van der Waals surface area contributed by atoms with E-state index in [1.54, 1.807) is 11.8 Å². The summed E-state index contributed by atoms with van der Waals surface area (Å²) in [4.78, 5) is 11.1. The molecule has 2 atom stereocenters. The zero-order chi connectivity index (χ0) is 14.9. The Kier molecular flexibility index (Phi) is 4.58. The van der Waals surface area contributed by atoms with E-state index in [2.05, 4.69) is 53.0 Å². The van der Waals surface area contributed by atoms with Crippen LogP contribution in [0.5, 0.6) is 0 Å². The fourth-order valence-electron chi connectivity index (χ4n) is 2.89. The first-order chi connectivity index (χ1) is 9.36. The van der Waals surface area contributed by atoms with Gasteiger partial charge in [-0.25, -0.2) is 0 Å². The maximum Gasteiger partial charge on any atom is 0.0752 e. The van der Waals surface area contributed by atoms with Crippen molar-refractivity contribution in [2.75, 3.05) is 6.26 Å². The van der Waals surface area contributed by atoms with Gasteiger partial charge in [0, 0.05) is 10.9 Å². The summed E-state index contributed by atoms with van der Waals surface area (Å²) in [5.74, 6) is 0.551. The highest BCUT2D eigenvalue weighted by atomic mass is 32.2. The van der Waals surface area contributed by atoms with Crippen molar-refractivity contribution >= 4 is 23.2 Å². The van der Waals surface area contributed by atoms with Gasteiger partial charge >= 0.3 is 0 Å². The molecule has 0 fully saturated rings. The SMILES string of the molecule is CCC(C)N=C1C=C(SC)C2=NC(C)(C)CC(C)C2=C1. The van der Waals surface area contributed by atoms with E-state index in [1.807, 2.05) is 0 Å². The number of fused-ring (bicyclic) bond motifs is 1. The number of hydrogen-bond acceptors (Lipinski definition) is 3. The first-order valence-electron chi connectivity index (χ1n) is 7.52. The monoisotopic (exact) mass is 290 g/mol. The number of hydrogen-bond donors (Lipinski definition) is 0. The molecule has 0 saturated carbocycles. The van der Waals surface area contributed by atoms with Gasteiger partial charge in [-0.1, -0.05) is 13.8 Å². The molecule has 0 amide bonds. The van der Waals surface area contributed by atoms with Gasteiger partial charge in [0.1, 0.15) is 0 Å². The largest absolute Gasteiger partial charge is 0.282 e. The Morgan fingerprint density at radius 3 is 2.75 bits per heavy atom.